The van der Waals surface area contributed by atoms with Crippen LogP contribution in [0.5, 0.6) is 0 Å². The average molecular weight is 585 g/mol. The number of nitrogens with two attached hydrogens (primary N) is 1. The first kappa shape index (κ1) is 21.5. The summed E-state index contributed by atoms with van der Waals surface area (Å²) in [4.78, 5) is 41.3. The summed E-state index contributed by atoms with van der Waals surface area (Å²) in [5, 5.41) is 4.45. The molecule has 2 amide bonds. The predicted molar refractivity (Wildman–Crippen MR) is 135 cm³/mol. The molecule has 3 aromatic heterocycles. The fourth-order valence-corrected chi connectivity index (χ4v) is 5.73. The molecule has 2 aliphatic rings. The van der Waals surface area contributed by atoms with Crippen molar-refractivity contribution in [3.63, 3.8) is 0 Å². The molecule has 1 aromatic carbocycles. The van der Waals surface area contributed by atoms with Crippen molar-refractivity contribution in [2.75, 3.05) is 11.1 Å². The van der Waals surface area contributed by atoms with Crippen LogP contribution in [0.15, 0.2) is 51.8 Å². The highest BCUT2D eigenvalue weighted by molar-refractivity contribution is 9.10. The molecule has 0 bridgehead atoms. The number of nitrogen functional groups attached to an aromatic ring is 1. The SMILES string of the molecule is Nc1ncnc2c1c1cc(Br)ccc1n2CC(=O)N1[C@@H]2C[C@@H]2C[C@H]1C(=O)Nc1cccc(Br)n1. The summed E-state index contributed by atoms with van der Waals surface area (Å²) in [7, 11) is 0. The first-order chi connectivity index (χ1) is 16.4. The van der Waals surface area contributed by atoms with Crippen molar-refractivity contribution in [3.8, 4) is 0 Å². The van der Waals surface area contributed by atoms with Gasteiger partial charge in [-0.15, -0.1) is 0 Å². The zero-order valence-corrected chi connectivity index (χ0v) is 21.0. The third-order valence-corrected chi connectivity index (χ3v) is 7.52. The molecule has 1 saturated carbocycles. The van der Waals surface area contributed by atoms with E-state index in [-0.39, 0.29) is 24.4 Å². The number of carbonyl (C=O) groups excluding carboxylic acids is 2. The molecule has 0 radical (unpaired) electrons. The number of hydrogen-bond acceptors (Lipinski definition) is 6. The zero-order chi connectivity index (χ0) is 23.6. The van der Waals surface area contributed by atoms with Gasteiger partial charge in [0.1, 0.15) is 40.8 Å². The second kappa shape index (κ2) is 8.02. The van der Waals surface area contributed by atoms with Gasteiger partial charge in [0.15, 0.2) is 0 Å². The van der Waals surface area contributed by atoms with E-state index in [2.05, 4.69) is 52.1 Å². The Hall–Kier alpha value is -3.05. The summed E-state index contributed by atoms with van der Waals surface area (Å²) in [5.74, 6) is 0.839. The standard InChI is InChI=1S/C23H19Br2N7O2/c24-12-4-5-14-13(8-12)20-21(26)27-10-28-22(20)31(14)9-19(33)32-15-6-11(15)7-16(32)23(34)30-18-3-1-2-17(25)29-18/h1-5,8,10-11,15-16H,6-7,9H2,(H2,26,27,28)(H,29,30,34)/t11-,15-,16+/m1/s1. The molecule has 34 heavy (non-hydrogen) atoms. The van der Waals surface area contributed by atoms with E-state index in [0.29, 0.717) is 39.6 Å². The largest absolute Gasteiger partial charge is 0.383 e. The van der Waals surface area contributed by atoms with E-state index in [1.807, 2.05) is 22.8 Å². The maximum Gasteiger partial charge on any atom is 0.248 e. The number of likely N-dealkylation sites (tertiary alicyclic amines) is 1. The number of hydrogen-bond donors (Lipinski definition) is 2. The Kier molecular flexibility index (Phi) is 5.07. The molecule has 2 fully saturated rings. The summed E-state index contributed by atoms with van der Waals surface area (Å²) in [6.45, 7) is 0.0558. The van der Waals surface area contributed by atoms with Gasteiger partial charge in [0.2, 0.25) is 11.8 Å². The lowest BCUT2D eigenvalue weighted by atomic mass is 10.1. The third-order valence-electron chi connectivity index (χ3n) is 6.59. The summed E-state index contributed by atoms with van der Waals surface area (Å²) in [6, 6.07) is 10.7. The fraction of sp³-hybridized carbons (Fsp3) is 0.261. The average Bonchev–Trinajstić information content (AvgIpc) is 3.35. The molecule has 1 saturated heterocycles. The normalized spacial score (nSPS) is 21.1. The minimum atomic E-state index is -0.529. The molecule has 3 N–H and O–H groups in total. The van der Waals surface area contributed by atoms with Gasteiger partial charge in [0, 0.05) is 15.9 Å². The van der Waals surface area contributed by atoms with Gasteiger partial charge < -0.3 is 20.5 Å². The van der Waals surface area contributed by atoms with E-state index < -0.39 is 6.04 Å². The molecular weight excluding hydrogens is 566 g/mol. The Morgan fingerprint density at radius 2 is 2.00 bits per heavy atom. The number of aromatic nitrogens is 4. The molecule has 3 atom stereocenters. The van der Waals surface area contributed by atoms with E-state index in [4.69, 9.17) is 5.73 Å². The number of piperidine rings is 1. The van der Waals surface area contributed by atoms with Crippen LogP contribution in [-0.2, 0) is 16.1 Å². The van der Waals surface area contributed by atoms with Crippen LogP contribution in [0.4, 0.5) is 11.6 Å². The second-order valence-corrected chi connectivity index (χ2v) is 10.4. The van der Waals surface area contributed by atoms with Crippen molar-refractivity contribution in [1.29, 1.82) is 0 Å². The number of benzene rings is 1. The van der Waals surface area contributed by atoms with Crippen LogP contribution in [0.1, 0.15) is 12.8 Å². The van der Waals surface area contributed by atoms with Crippen LogP contribution >= 0.6 is 31.9 Å². The Morgan fingerprint density at radius 3 is 2.82 bits per heavy atom. The number of carbonyl (C=O) groups is 2. The van der Waals surface area contributed by atoms with Gasteiger partial charge in [-0.3, -0.25) is 9.59 Å². The number of nitrogens with zero attached hydrogens (tertiary/aromatic N) is 5. The third kappa shape index (κ3) is 3.54. The molecule has 9 nitrogen and oxygen atoms in total. The Bertz CT molecular complexity index is 1490. The van der Waals surface area contributed by atoms with Crippen molar-refractivity contribution in [3.05, 3.63) is 51.8 Å². The van der Waals surface area contributed by atoms with Gasteiger partial charge in [-0.1, -0.05) is 22.0 Å². The van der Waals surface area contributed by atoms with E-state index in [1.165, 1.54) is 6.33 Å². The predicted octanol–water partition coefficient (Wildman–Crippen LogP) is 3.71. The monoisotopic (exact) mass is 583 g/mol. The van der Waals surface area contributed by atoms with Gasteiger partial charge >= 0.3 is 0 Å². The lowest BCUT2D eigenvalue weighted by Crippen LogP contribution is -2.46. The van der Waals surface area contributed by atoms with E-state index >= 15 is 0 Å². The molecule has 1 aliphatic heterocycles. The molecule has 0 unspecified atom stereocenters. The lowest BCUT2D eigenvalue weighted by Gasteiger charge is -2.27. The minimum absolute atomic E-state index is 0.0558. The van der Waals surface area contributed by atoms with E-state index in [1.54, 1.807) is 23.1 Å². The first-order valence-corrected chi connectivity index (χ1v) is 12.4. The van der Waals surface area contributed by atoms with Gasteiger partial charge in [-0.25, -0.2) is 15.0 Å². The molecule has 4 aromatic rings. The fourth-order valence-electron chi connectivity index (χ4n) is 5.02. The van der Waals surface area contributed by atoms with Crippen molar-refractivity contribution in [2.24, 2.45) is 5.92 Å². The summed E-state index contributed by atoms with van der Waals surface area (Å²) < 4.78 is 3.39. The van der Waals surface area contributed by atoms with Gasteiger partial charge in [0.05, 0.1) is 10.9 Å². The van der Waals surface area contributed by atoms with E-state index in [9.17, 15) is 9.59 Å². The maximum atomic E-state index is 13.6. The highest BCUT2D eigenvalue weighted by Gasteiger charge is 2.56. The van der Waals surface area contributed by atoms with Crippen LogP contribution in [0.25, 0.3) is 21.9 Å². The van der Waals surface area contributed by atoms with Crippen molar-refractivity contribution in [1.82, 2.24) is 24.4 Å². The van der Waals surface area contributed by atoms with E-state index in [0.717, 1.165) is 21.8 Å². The number of amides is 2. The van der Waals surface area contributed by atoms with Crippen LogP contribution in [-0.4, -0.2) is 48.3 Å². The Balaban J connectivity index is 1.32. The number of pyridine rings is 1. The highest BCUT2D eigenvalue weighted by atomic mass is 79.9. The molecule has 0 spiro atoms. The smallest absolute Gasteiger partial charge is 0.248 e. The molecule has 11 heteroatoms. The van der Waals surface area contributed by atoms with Crippen LogP contribution in [0.2, 0.25) is 0 Å². The second-order valence-electron chi connectivity index (χ2n) is 8.66. The highest BCUT2D eigenvalue weighted by Crippen LogP contribution is 2.48. The molecular formula is C23H19Br2N7O2. The number of nitrogens with one attached hydrogen (secondary N) is 1. The first-order valence-electron chi connectivity index (χ1n) is 10.8. The summed E-state index contributed by atoms with van der Waals surface area (Å²) in [6.07, 6.45) is 2.99. The van der Waals surface area contributed by atoms with Crippen molar-refractivity contribution >= 4 is 77.2 Å². The van der Waals surface area contributed by atoms with Gasteiger partial charge in [-0.2, -0.15) is 0 Å². The number of rotatable bonds is 4. The van der Waals surface area contributed by atoms with Gasteiger partial charge in [-0.05, 0) is 65.0 Å². The Labute approximate surface area is 211 Å². The van der Waals surface area contributed by atoms with Crippen LogP contribution in [0, 0.1) is 5.92 Å². The number of halogens is 2. The zero-order valence-electron chi connectivity index (χ0n) is 17.8. The van der Waals surface area contributed by atoms with Crippen molar-refractivity contribution in [2.45, 2.75) is 31.5 Å². The summed E-state index contributed by atoms with van der Waals surface area (Å²) in [5.41, 5.74) is 7.61. The molecule has 1 aliphatic carbocycles. The van der Waals surface area contributed by atoms with Crippen LogP contribution < -0.4 is 11.1 Å². The number of anilines is 2. The maximum absolute atomic E-state index is 13.6. The molecule has 6 rings (SSSR count). The van der Waals surface area contributed by atoms with Crippen LogP contribution in [0.3, 0.4) is 0 Å². The Morgan fingerprint density at radius 1 is 1.15 bits per heavy atom. The van der Waals surface area contributed by atoms with Crippen molar-refractivity contribution < 1.29 is 9.59 Å². The summed E-state index contributed by atoms with van der Waals surface area (Å²) >= 11 is 6.82. The molecule has 172 valence electrons. The number of fused-ring (bicyclic) bond motifs is 4. The minimum Gasteiger partial charge on any atom is -0.383 e. The van der Waals surface area contributed by atoms with Gasteiger partial charge in [0.25, 0.3) is 0 Å². The molecule has 4 heterocycles. The lowest BCUT2D eigenvalue weighted by molar-refractivity contribution is -0.138. The topological polar surface area (TPSA) is 119 Å². The quantitative estimate of drug-likeness (QED) is 0.353.